The maximum absolute atomic E-state index is 11.2. The Morgan fingerprint density at radius 1 is 1.26 bits per heavy atom. The molecule has 0 saturated carbocycles. The lowest BCUT2D eigenvalue weighted by molar-refractivity contribution is -0.385. The van der Waals surface area contributed by atoms with Gasteiger partial charge in [0.1, 0.15) is 0 Å². The van der Waals surface area contributed by atoms with Crippen molar-refractivity contribution in [2.24, 2.45) is 0 Å². The minimum Gasteiger partial charge on any atom is -0.340 e. The number of carbonyl (C=O) groups excluding carboxylic acids is 1. The van der Waals surface area contributed by atoms with Crippen LogP contribution in [0.2, 0.25) is 0 Å². The van der Waals surface area contributed by atoms with Crippen LogP contribution in [-0.4, -0.2) is 46.8 Å². The van der Waals surface area contributed by atoms with E-state index in [-0.39, 0.29) is 16.5 Å². The number of piperazine rings is 1. The maximum Gasteiger partial charge on any atom is 0.273 e. The molecule has 0 aliphatic carbocycles. The van der Waals surface area contributed by atoms with Crippen molar-refractivity contribution in [2.45, 2.75) is 13.5 Å². The summed E-state index contributed by atoms with van der Waals surface area (Å²) in [7, 11) is 0. The van der Waals surface area contributed by atoms with Crippen molar-refractivity contribution in [3.8, 4) is 0 Å². The third kappa shape index (κ3) is 3.29. The quantitative estimate of drug-likeness (QED) is 0.608. The van der Waals surface area contributed by atoms with Gasteiger partial charge in [-0.3, -0.25) is 19.8 Å². The molecule has 0 atom stereocenters. The maximum atomic E-state index is 11.2. The molecule has 0 aromatic heterocycles. The van der Waals surface area contributed by atoms with E-state index in [4.69, 9.17) is 0 Å². The van der Waals surface area contributed by atoms with Gasteiger partial charge in [-0.05, 0) is 0 Å². The molecule has 2 rings (SSSR count). The topological polar surface area (TPSA) is 66.7 Å². The van der Waals surface area contributed by atoms with E-state index in [1.165, 1.54) is 6.07 Å². The zero-order chi connectivity index (χ0) is 13.8. The van der Waals surface area contributed by atoms with Crippen LogP contribution in [0.4, 0.5) is 5.69 Å². The van der Waals surface area contributed by atoms with Crippen molar-refractivity contribution in [1.29, 1.82) is 0 Å². The Morgan fingerprint density at radius 2 is 1.89 bits per heavy atom. The predicted octanol–water partition coefficient (Wildman–Crippen LogP) is 1.26. The van der Waals surface area contributed by atoms with Gasteiger partial charge in [0.25, 0.3) is 5.69 Å². The minimum atomic E-state index is -0.346. The molecule has 1 aromatic rings. The molecule has 0 radical (unpaired) electrons. The predicted molar refractivity (Wildman–Crippen MR) is 70.6 cm³/mol. The van der Waals surface area contributed by atoms with Crippen molar-refractivity contribution in [3.05, 3.63) is 39.9 Å². The summed E-state index contributed by atoms with van der Waals surface area (Å²) < 4.78 is 0. The molecular formula is C13H17N3O3. The number of benzene rings is 1. The van der Waals surface area contributed by atoms with E-state index in [0.717, 1.165) is 18.7 Å². The van der Waals surface area contributed by atoms with Gasteiger partial charge < -0.3 is 4.90 Å². The molecule has 0 unspecified atom stereocenters. The number of nitrogens with zero attached hydrogens (tertiary/aromatic N) is 3. The van der Waals surface area contributed by atoms with Crippen LogP contribution in [0, 0.1) is 10.1 Å². The van der Waals surface area contributed by atoms with Crippen LogP contribution in [0.15, 0.2) is 24.3 Å². The second-order valence-electron chi connectivity index (χ2n) is 4.67. The molecule has 0 spiro atoms. The van der Waals surface area contributed by atoms with Gasteiger partial charge in [0.05, 0.1) is 4.92 Å². The first-order valence-electron chi connectivity index (χ1n) is 6.28. The van der Waals surface area contributed by atoms with Crippen molar-refractivity contribution >= 4 is 11.6 Å². The summed E-state index contributed by atoms with van der Waals surface area (Å²) >= 11 is 0. The smallest absolute Gasteiger partial charge is 0.273 e. The molecule has 1 heterocycles. The van der Waals surface area contributed by atoms with Gasteiger partial charge in [-0.15, -0.1) is 0 Å². The first-order valence-corrected chi connectivity index (χ1v) is 6.28. The summed E-state index contributed by atoms with van der Waals surface area (Å²) in [6.07, 6.45) is 0. The number of rotatable bonds is 3. The lowest BCUT2D eigenvalue weighted by Gasteiger charge is -2.34. The van der Waals surface area contributed by atoms with Gasteiger partial charge in [-0.1, -0.05) is 18.2 Å². The normalized spacial score (nSPS) is 16.4. The number of para-hydroxylation sites is 1. The lowest BCUT2D eigenvalue weighted by atomic mass is 10.1. The lowest BCUT2D eigenvalue weighted by Crippen LogP contribution is -2.47. The van der Waals surface area contributed by atoms with Crippen LogP contribution < -0.4 is 0 Å². The van der Waals surface area contributed by atoms with E-state index >= 15 is 0 Å². The molecule has 1 aromatic carbocycles. The Balaban J connectivity index is 2.00. The molecule has 19 heavy (non-hydrogen) atoms. The Morgan fingerprint density at radius 3 is 2.47 bits per heavy atom. The van der Waals surface area contributed by atoms with Crippen molar-refractivity contribution in [3.63, 3.8) is 0 Å². The highest BCUT2D eigenvalue weighted by Crippen LogP contribution is 2.20. The second-order valence-corrected chi connectivity index (χ2v) is 4.67. The summed E-state index contributed by atoms with van der Waals surface area (Å²) in [4.78, 5) is 25.8. The molecule has 1 fully saturated rings. The molecule has 0 bridgehead atoms. The highest BCUT2D eigenvalue weighted by Gasteiger charge is 2.21. The van der Waals surface area contributed by atoms with Gasteiger partial charge in [-0.2, -0.15) is 0 Å². The number of hydrogen-bond donors (Lipinski definition) is 0. The zero-order valence-electron chi connectivity index (χ0n) is 10.9. The Labute approximate surface area is 111 Å². The molecule has 6 heteroatoms. The first-order chi connectivity index (χ1) is 9.08. The van der Waals surface area contributed by atoms with Crippen LogP contribution in [0.1, 0.15) is 12.5 Å². The van der Waals surface area contributed by atoms with Gasteiger partial charge >= 0.3 is 0 Å². The molecule has 1 aliphatic heterocycles. The van der Waals surface area contributed by atoms with Crippen molar-refractivity contribution in [1.82, 2.24) is 9.80 Å². The van der Waals surface area contributed by atoms with Crippen molar-refractivity contribution < 1.29 is 9.72 Å². The molecule has 1 amide bonds. The number of hydrogen-bond acceptors (Lipinski definition) is 4. The largest absolute Gasteiger partial charge is 0.340 e. The van der Waals surface area contributed by atoms with Gasteiger partial charge in [0.2, 0.25) is 5.91 Å². The fourth-order valence-corrected chi connectivity index (χ4v) is 2.28. The van der Waals surface area contributed by atoms with Gasteiger partial charge in [0.15, 0.2) is 0 Å². The molecule has 0 N–H and O–H groups in total. The van der Waals surface area contributed by atoms with Gasteiger partial charge in [0, 0.05) is 51.3 Å². The van der Waals surface area contributed by atoms with E-state index in [1.54, 1.807) is 24.0 Å². The summed E-state index contributed by atoms with van der Waals surface area (Å²) in [6, 6.07) is 6.81. The van der Waals surface area contributed by atoms with Crippen LogP contribution in [0.5, 0.6) is 0 Å². The fraction of sp³-hybridized carbons (Fsp3) is 0.462. The number of carbonyl (C=O) groups is 1. The van der Waals surface area contributed by atoms with Crippen LogP contribution in [0.3, 0.4) is 0 Å². The summed E-state index contributed by atoms with van der Waals surface area (Å²) in [5.74, 6) is 0.0883. The molecular weight excluding hydrogens is 246 g/mol. The van der Waals surface area contributed by atoms with Crippen LogP contribution in [-0.2, 0) is 11.3 Å². The minimum absolute atomic E-state index is 0.0883. The number of nitro benzene ring substituents is 1. The third-order valence-corrected chi connectivity index (χ3v) is 3.40. The Kier molecular flexibility index (Phi) is 4.11. The monoisotopic (exact) mass is 263 g/mol. The van der Waals surface area contributed by atoms with E-state index in [9.17, 15) is 14.9 Å². The van der Waals surface area contributed by atoms with E-state index < -0.39 is 0 Å². The number of nitro groups is 1. The third-order valence-electron chi connectivity index (χ3n) is 3.40. The Hall–Kier alpha value is -1.95. The fourth-order valence-electron chi connectivity index (χ4n) is 2.28. The second kappa shape index (κ2) is 5.79. The van der Waals surface area contributed by atoms with Crippen LogP contribution >= 0.6 is 0 Å². The SMILES string of the molecule is CC(=O)N1CCN(Cc2ccccc2[N+](=O)[O-])CC1. The molecule has 1 saturated heterocycles. The van der Waals surface area contributed by atoms with E-state index in [1.807, 2.05) is 6.07 Å². The standard InChI is InChI=1S/C13H17N3O3/c1-11(17)15-8-6-14(7-9-15)10-12-4-2-3-5-13(12)16(18)19/h2-5H,6-10H2,1H3. The highest BCUT2D eigenvalue weighted by molar-refractivity contribution is 5.73. The zero-order valence-corrected chi connectivity index (χ0v) is 10.9. The molecule has 102 valence electrons. The van der Waals surface area contributed by atoms with Gasteiger partial charge in [-0.25, -0.2) is 0 Å². The first kappa shape index (κ1) is 13.5. The Bertz CT molecular complexity index is 482. The molecule has 1 aliphatic rings. The highest BCUT2D eigenvalue weighted by atomic mass is 16.6. The van der Waals surface area contributed by atoms with Crippen molar-refractivity contribution in [2.75, 3.05) is 26.2 Å². The van der Waals surface area contributed by atoms with E-state index in [2.05, 4.69) is 4.90 Å². The average molecular weight is 263 g/mol. The number of amides is 1. The molecule has 6 nitrogen and oxygen atoms in total. The summed E-state index contributed by atoms with van der Waals surface area (Å²) in [6.45, 7) is 5.02. The summed E-state index contributed by atoms with van der Waals surface area (Å²) in [5.41, 5.74) is 0.889. The summed E-state index contributed by atoms with van der Waals surface area (Å²) in [5, 5.41) is 10.9. The van der Waals surface area contributed by atoms with E-state index in [0.29, 0.717) is 19.6 Å². The van der Waals surface area contributed by atoms with Crippen LogP contribution in [0.25, 0.3) is 0 Å². The average Bonchev–Trinajstić information content (AvgIpc) is 2.39.